The van der Waals surface area contributed by atoms with E-state index in [1.807, 2.05) is 12.1 Å². The Labute approximate surface area is 167 Å². The summed E-state index contributed by atoms with van der Waals surface area (Å²) in [6, 6.07) is 14.5. The minimum atomic E-state index is -0.126. The van der Waals surface area contributed by atoms with Crippen LogP contribution in [0.5, 0.6) is 17.2 Å². The quantitative estimate of drug-likeness (QED) is 0.808. The molecule has 0 atom stereocenters. The summed E-state index contributed by atoms with van der Waals surface area (Å²) in [5, 5.41) is 0. The normalized spacial score (nSPS) is 19.5. The van der Waals surface area contributed by atoms with Crippen molar-refractivity contribution < 1.29 is 14.2 Å². The number of fused-ring (bicyclic) bond motifs is 1. The zero-order chi connectivity index (χ0) is 19.6. The van der Waals surface area contributed by atoms with Gasteiger partial charge in [-0.1, -0.05) is 24.3 Å². The number of para-hydroxylation sites is 1. The van der Waals surface area contributed by atoms with Gasteiger partial charge in [0.1, 0.15) is 22.8 Å². The standard InChI is InChI=1S/C23H30N2O3/c1-24-12-10-23(11-13-24)17-25(15-18-6-4-5-7-21(18)28-23)16-19-8-9-20(26-2)14-22(19)27-3/h4-9,14H,10-13,15-17H2,1-3H3. The van der Waals surface area contributed by atoms with E-state index in [1.165, 1.54) is 11.1 Å². The van der Waals surface area contributed by atoms with Crippen LogP contribution >= 0.6 is 0 Å². The molecule has 1 saturated heterocycles. The fourth-order valence-corrected chi connectivity index (χ4v) is 4.33. The van der Waals surface area contributed by atoms with Crippen LogP contribution in [0.1, 0.15) is 24.0 Å². The summed E-state index contributed by atoms with van der Waals surface area (Å²) >= 11 is 0. The highest BCUT2D eigenvalue weighted by molar-refractivity contribution is 5.41. The smallest absolute Gasteiger partial charge is 0.127 e. The van der Waals surface area contributed by atoms with E-state index in [9.17, 15) is 0 Å². The SMILES string of the molecule is COc1ccc(CN2Cc3ccccc3OC3(CCN(C)CC3)C2)c(OC)c1. The topological polar surface area (TPSA) is 34.2 Å². The summed E-state index contributed by atoms with van der Waals surface area (Å²) in [5.41, 5.74) is 2.30. The fraction of sp³-hybridized carbons (Fsp3) is 0.478. The summed E-state index contributed by atoms with van der Waals surface area (Å²) in [6.07, 6.45) is 2.10. The van der Waals surface area contributed by atoms with Gasteiger partial charge in [0, 0.05) is 62.8 Å². The Balaban J connectivity index is 1.63. The van der Waals surface area contributed by atoms with E-state index in [-0.39, 0.29) is 5.60 Å². The maximum Gasteiger partial charge on any atom is 0.127 e. The Kier molecular flexibility index (Phi) is 5.47. The van der Waals surface area contributed by atoms with Crippen LogP contribution in [-0.4, -0.2) is 56.3 Å². The zero-order valence-corrected chi connectivity index (χ0v) is 17.1. The highest BCUT2D eigenvalue weighted by atomic mass is 16.5. The van der Waals surface area contributed by atoms with Gasteiger partial charge in [-0.15, -0.1) is 0 Å². The molecule has 1 fully saturated rings. The first kappa shape index (κ1) is 19.1. The van der Waals surface area contributed by atoms with Gasteiger partial charge in [-0.2, -0.15) is 0 Å². The van der Waals surface area contributed by atoms with Gasteiger partial charge in [0.05, 0.1) is 14.2 Å². The van der Waals surface area contributed by atoms with Crippen molar-refractivity contribution in [1.29, 1.82) is 0 Å². The predicted octanol–water partition coefficient (Wildman–Crippen LogP) is 3.56. The molecule has 0 aromatic heterocycles. The molecule has 5 nitrogen and oxygen atoms in total. The number of hydrogen-bond donors (Lipinski definition) is 0. The highest BCUT2D eigenvalue weighted by Gasteiger charge is 2.40. The molecule has 0 N–H and O–H groups in total. The number of rotatable bonds is 4. The van der Waals surface area contributed by atoms with Crippen LogP contribution < -0.4 is 14.2 Å². The molecule has 28 heavy (non-hydrogen) atoms. The molecule has 0 radical (unpaired) electrons. The van der Waals surface area contributed by atoms with Crippen LogP contribution in [0.3, 0.4) is 0 Å². The third kappa shape index (κ3) is 3.96. The third-order valence-electron chi connectivity index (χ3n) is 5.99. The van der Waals surface area contributed by atoms with Crippen LogP contribution in [0.4, 0.5) is 0 Å². The molecule has 5 heteroatoms. The lowest BCUT2D eigenvalue weighted by molar-refractivity contribution is -0.0147. The van der Waals surface area contributed by atoms with Crippen molar-refractivity contribution >= 4 is 0 Å². The van der Waals surface area contributed by atoms with Gasteiger partial charge in [0.2, 0.25) is 0 Å². The first-order chi connectivity index (χ1) is 13.6. The number of likely N-dealkylation sites (tertiary alicyclic amines) is 1. The molecule has 0 amide bonds. The second-order valence-corrected chi connectivity index (χ2v) is 8.02. The first-order valence-corrected chi connectivity index (χ1v) is 9.99. The van der Waals surface area contributed by atoms with Crippen molar-refractivity contribution in [2.75, 3.05) is 40.9 Å². The maximum absolute atomic E-state index is 6.68. The molecule has 2 aromatic rings. The van der Waals surface area contributed by atoms with Crippen molar-refractivity contribution in [3.8, 4) is 17.2 Å². The minimum absolute atomic E-state index is 0.126. The van der Waals surface area contributed by atoms with Crippen molar-refractivity contribution in [3.05, 3.63) is 53.6 Å². The van der Waals surface area contributed by atoms with Gasteiger partial charge in [-0.25, -0.2) is 0 Å². The van der Waals surface area contributed by atoms with Crippen LogP contribution in [0, 0.1) is 0 Å². The van der Waals surface area contributed by atoms with Crippen LogP contribution in [-0.2, 0) is 13.1 Å². The van der Waals surface area contributed by atoms with Gasteiger partial charge in [0.25, 0.3) is 0 Å². The average Bonchev–Trinajstić information content (AvgIpc) is 2.87. The largest absolute Gasteiger partial charge is 0.497 e. The van der Waals surface area contributed by atoms with Crippen LogP contribution in [0.15, 0.2) is 42.5 Å². The van der Waals surface area contributed by atoms with Gasteiger partial charge < -0.3 is 19.1 Å². The number of ether oxygens (including phenoxy) is 3. The monoisotopic (exact) mass is 382 g/mol. The molecule has 2 aromatic carbocycles. The molecule has 4 rings (SSSR count). The lowest BCUT2D eigenvalue weighted by Gasteiger charge is -2.42. The van der Waals surface area contributed by atoms with Crippen molar-refractivity contribution in [2.24, 2.45) is 0 Å². The number of nitrogens with zero attached hydrogens (tertiary/aromatic N) is 2. The van der Waals surface area contributed by atoms with E-state index in [0.717, 1.165) is 62.8 Å². The van der Waals surface area contributed by atoms with E-state index < -0.39 is 0 Å². The lowest BCUT2D eigenvalue weighted by Crippen LogP contribution is -2.52. The van der Waals surface area contributed by atoms with Crippen molar-refractivity contribution in [2.45, 2.75) is 31.5 Å². The van der Waals surface area contributed by atoms with Crippen molar-refractivity contribution in [3.63, 3.8) is 0 Å². The van der Waals surface area contributed by atoms with E-state index in [0.29, 0.717) is 0 Å². The zero-order valence-electron chi connectivity index (χ0n) is 17.1. The number of benzene rings is 2. The Hall–Kier alpha value is -2.24. The summed E-state index contributed by atoms with van der Waals surface area (Å²) in [7, 11) is 5.59. The van der Waals surface area contributed by atoms with E-state index in [2.05, 4.69) is 47.2 Å². The first-order valence-electron chi connectivity index (χ1n) is 9.99. The van der Waals surface area contributed by atoms with Crippen molar-refractivity contribution in [1.82, 2.24) is 9.80 Å². The molecule has 0 unspecified atom stereocenters. The molecule has 0 bridgehead atoms. The molecular formula is C23H30N2O3. The summed E-state index contributed by atoms with van der Waals surface area (Å²) in [6.45, 7) is 4.76. The Bertz CT molecular complexity index is 815. The third-order valence-corrected chi connectivity index (χ3v) is 5.99. The van der Waals surface area contributed by atoms with Crippen LogP contribution in [0.25, 0.3) is 0 Å². The number of methoxy groups -OCH3 is 2. The van der Waals surface area contributed by atoms with Gasteiger partial charge in [0.15, 0.2) is 0 Å². The van der Waals surface area contributed by atoms with Gasteiger partial charge in [-0.3, -0.25) is 4.90 Å². The second-order valence-electron chi connectivity index (χ2n) is 8.02. The summed E-state index contributed by atoms with van der Waals surface area (Å²) in [4.78, 5) is 4.89. The maximum atomic E-state index is 6.68. The van der Waals surface area contributed by atoms with Gasteiger partial charge >= 0.3 is 0 Å². The fourth-order valence-electron chi connectivity index (χ4n) is 4.33. The second kappa shape index (κ2) is 8.02. The van der Waals surface area contributed by atoms with E-state index in [4.69, 9.17) is 14.2 Å². The molecule has 0 aliphatic carbocycles. The molecule has 2 heterocycles. The van der Waals surface area contributed by atoms with Crippen LogP contribution in [0.2, 0.25) is 0 Å². The predicted molar refractivity (Wildman–Crippen MR) is 110 cm³/mol. The minimum Gasteiger partial charge on any atom is -0.497 e. The van der Waals surface area contributed by atoms with E-state index in [1.54, 1.807) is 14.2 Å². The van der Waals surface area contributed by atoms with E-state index >= 15 is 0 Å². The highest BCUT2D eigenvalue weighted by Crippen LogP contribution is 2.36. The molecular weight excluding hydrogens is 352 g/mol. The molecule has 150 valence electrons. The Morgan fingerprint density at radius 2 is 1.82 bits per heavy atom. The summed E-state index contributed by atoms with van der Waals surface area (Å²) in [5.74, 6) is 2.73. The Morgan fingerprint density at radius 1 is 1.04 bits per heavy atom. The average molecular weight is 383 g/mol. The molecule has 2 aliphatic heterocycles. The van der Waals surface area contributed by atoms with Gasteiger partial charge in [-0.05, 0) is 19.2 Å². The molecule has 2 aliphatic rings. The lowest BCUT2D eigenvalue weighted by atomic mass is 9.90. The number of piperidine rings is 1. The summed E-state index contributed by atoms with van der Waals surface area (Å²) < 4.78 is 17.7. The molecule has 0 saturated carbocycles. The number of hydrogen-bond acceptors (Lipinski definition) is 5. The Morgan fingerprint density at radius 3 is 2.57 bits per heavy atom. The molecule has 1 spiro atoms.